The topological polar surface area (TPSA) is 40.1 Å². The number of hydrogen-bond acceptors (Lipinski definition) is 3. The van der Waals surface area contributed by atoms with Gasteiger partial charge in [0.2, 0.25) is 0 Å². The fourth-order valence-corrected chi connectivity index (χ4v) is 3.48. The highest BCUT2D eigenvalue weighted by Gasteiger charge is 2.30. The van der Waals surface area contributed by atoms with E-state index in [4.69, 9.17) is 4.74 Å². The van der Waals surface area contributed by atoms with Gasteiger partial charge in [-0.05, 0) is 30.5 Å². The van der Waals surface area contributed by atoms with Crippen LogP contribution in [0.5, 0.6) is 0 Å². The van der Waals surface area contributed by atoms with Crippen LogP contribution in [0.2, 0.25) is 0 Å². The second-order valence-corrected chi connectivity index (χ2v) is 6.39. The van der Waals surface area contributed by atoms with E-state index < -0.39 is 0 Å². The first kappa shape index (κ1) is 17.2. The molecule has 1 aromatic carbocycles. The summed E-state index contributed by atoms with van der Waals surface area (Å²) < 4.78 is 18.4. The number of morpholine rings is 1. The monoisotopic (exact) mass is 334 g/mol. The first-order valence-corrected chi connectivity index (χ1v) is 8.78. The van der Waals surface area contributed by atoms with Crippen molar-refractivity contribution in [1.29, 1.82) is 0 Å². The number of ether oxygens (including phenoxy) is 1. The molecule has 0 aliphatic carbocycles. The van der Waals surface area contributed by atoms with Crippen molar-refractivity contribution in [2.75, 3.05) is 53.0 Å². The molecule has 2 fully saturated rings. The second kappa shape index (κ2) is 8.44. The van der Waals surface area contributed by atoms with Crippen LogP contribution in [0, 0.1) is 5.82 Å². The number of hydrogen-bond donors (Lipinski definition) is 1. The molecule has 1 N–H and O–H groups in total. The molecule has 5 nitrogen and oxygen atoms in total. The van der Waals surface area contributed by atoms with Gasteiger partial charge < -0.3 is 15.0 Å². The summed E-state index contributed by atoms with van der Waals surface area (Å²) in [4.78, 5) is 9.30. The van der Waals surface area contributed by atoms with Gasteiger partial charge in [-0.3, -0.25) is 9.89 Å². The van der Waals surface area contributed by atoms with Crippen molar-refractivity contribution in [3.8, 4) is 0 Å². The Bertz CT molecular complexity index is 542. The van der Waals surface area contributed by atoms with Crippen molar-refractivity contribution >= 4 is 5.96 Å². The minimum absolute atomic E-state index is 0.186. The lowest BCUT2D eigenvalue weighted by Crippen LogP contribution is -2.46. The van der Waals surface area contributed by atoms with Crippen molar-refractivity contribution < 1.29 is 9.13 Å². The summed E-state index contributed by atoms with van der Waals surface area (Å²) in [5, 5.41) is 3.44. The molecule has 0 bridgehead atoms. The van der Waals surface area contributed by atoms with Crippen LogP contribution in [0.1, 0.15) is 12.0 Å². The summed E-state index contributed by atoms with van der Waals surface area (Å²) in [7, 11) is 1.84. The van der Waals surface area contributed by atoms with Gasteiger partial charge in [0.25, 0.3) is 0 Å². The largest absolute Gasteiger partial charge is 0.379 e. The van der Waals surface area contributed by atoms with E-state index in [0.29, 0.717) is 6.04 Å². The molecule has 1 aromatic rings. The molecule has 6 heteroatoms. The Hall–Kier alpha value is -1.66. The highest BCUT2D eigenvalue weighted by atomic mass is 19.1. The fourth-order valence-electron chi connectivity index (χ4n) is 3.48. The summed E-state index contributed by atoms with van der Waals surface area (Å²) in [6, 6.07) is 7.30. The van der Waals surface area contributed by atoms with Gasteiger partial charge >= 0.3 is 0 Å². The Morgan fingerprint density at radius 1 is 1.25 bits per heavy atom. The zero-order valence-corrected chi connectivity index (χ0v) is 14.4. The van der Waals surface area contributed by atoms with Gasteiger partial charge in [0.15, 0.2) is 5.96 Å². The number of rotatable bonds is 4. The van der Waals surface area contributed by atoms with Gasteiger partial charge in [-0.2, -0.15) is 0 Å². The van der Waals surface area contributed by atoms with Gasteiger partial charge in [0.1, 0.15) is 5.82 Å². The highest BCUT2D eigenvalue weighted by Crippen LogP contribution is 2.17. The van der Waals surface area contributed by atoms with Crippen molar-refractivity contribution in [3.63, 3.8) is 0 Å². The highest BCUT2D eigenvalue weighted by molar-refractivity contribution is 5.80. The summed E-state index contributed by atoms with van der Waals surface area (Å²) in [5.41, 5.74) is 1.13. The van der Waals surface area contributed by atoms with E-state index in [1.807, 2.05) is 19.2 Å². The second-order valence-electron chi connectivity index (χ2n) is 6.39. The molecule has 2 aliphatic heterocycles. The summed E-state index contributed by atoms with van der Waals surface area (Å²) in [6.45, 7) is 6.64. The number of halogens is 1. The molecule has 2 saturated heterocycles. The molecule has 3 rings (SSSR count). The Labute approximate surface area is 143 Å². The van der Waals surface area contributed by atoms with E-state index in [-0.39, 0.29) is 5.82 Å². The van der Waals surface area contributed by atoms with Crippen molar-refractivity contribution in [2.24, 2.45) is 4.99 Å². The fraction of sp³-hybridized carbons (Fsp3) is 0.611. The van der Waals surface area contributed by atoms with Crippen LogP contribution in [0.25, 0.3) is 0 Å². The molecule has 132 valence electrons. The van der Waals surface area contributed by atoms with E-state index in [1.165, 1.54) is 18.6 Å². The maximum atomic E-state index is 12.9. The van der Waals surface area contributed by atoms with Crippen LogP contribution in [-0.4, -0.2) is 74.8 Å². The lowest BCUT2D eigenvalue weighted by Gasteiger charge is -2.32. The number of nitrogens with one attached hydrogen (secondary N) is 1. The molecule has 0 saturated carbocycles. The third-order valence-corrected chi connectivity index (χ3v) is 4.85. The Kier molecular flexibility index (Phi) is 6.04. The normalized spacial score (nSPS) is 22.8. The minimum Gasteiger partial charge on any atom is -0.379 e. The maximum Gasteiger partial charge on any atom is 0.193 e. The molecule has 24 heavy (non-hydrogen) atoms. The molecule has 0 amide bonds. The quantitative estimate of drug-likeness (QED) is 0.667. The summed E-state index contributed by atoms with van der Waals surface area (Å²) in [6.07, 6.45) is 2.04. The summed E-state index contributed by atoms with van der Waals surface area (Å²) >= 11 is 0. The molecule has 0 radical (unpaired) electrons. The third kappa shape index (κ3) is 4.45. The first-order valence-electron chi connectivity index (χ1n) is 8.78. The molecule has 0 aromatic heterocycles. The number of guanidine groups is 1. The van der Waals surface area contributed by atoms with E-state index in [1.54, 1.807) is 0 Å². The smallest absolute Gasteiger partial charge is 0.193 e. The van der Waals surface area contributed by atoms with Gasteiger partial charge in [0, 0.05) is 45.8 Å². The Balaban J connectivity index is 1.45. The molecule has 1 atom stereocenters. The number of aliphatic imine (C=N–C) groups is 1. The zero-order valence-electron chi connectivity index (χ0n) is 14.4. The van der Waals surface area contributed by atoms with E-state index in [2.05, 4.69) is 20.1 Å². The van der Waals surface area contributed by atoms with Crippen molar-refractivity contribution in [1.82, 2.24) is 15.1 Å². The van der Waals surface area contributed by atoms with Crippen LogP contribution >= 0.6 is 0 Å². The maximum absolute atomic E-state index is 12.9. The van der Waals surface area contributed by atoms with Crippen molar-refractivity contribution in [3.05, 3.63) is 35.6 Å². The lowest BCUT2D eigenvalue weighted by atomic mass is 10.1. The Morgan fingerprint density at radius 2 is 2.00 bits per heavy atom. The van der Waals surface area contributed by atoms with Gasteiger partial charge in [-0.25, -0.2) is 4.39 Å². The van der Waals surface area contributed by atoms with Gasteiger partial charge in [-0.1, -0.05) is 12.1 Å². The first-order chi connectivity index (χ1) is 11.8. The van der Waals surface area contributed by atoms with Crippen LogP contribution < -0.4 is 5.32 Å². The van der Waals surface area contributed by atoms with Crippen LogP contribution in [-0.2, 0) is 11.2 Å². The standard InChI is InChI=1S/C18H27FN4O/c1-20-18(21-8-6-15-2-4-16(19)5-3-15)23-9-7-17(14-23)22-10-12-24-13-11-22/h2-5,17H,6-14H2,1H3,(H,20,21). The van der Waals surface area contributed by atoms with Crippen LogP contribution in [0.4, 0.5) is 4.39 Å². The Morgan fingerprint density at radius 3 is 2.71 bits per heavy atom. The number of likely N-dealkylation sites (tertiary alicyclic amines) is 1. The van der Waals surface area contributed by atoms with Gasteiger partial charge in [-0.15, -0.1) is 0 Å². The predicted octanol–water partition coefficient (Wildman–Crippen LogP) is 1.35. The molecule has 0 spiro atoms. The minimum atomic E-state index is -0.186. The van der Waals surface area contributed by atoms with E-state index in [0.717, 1.165) is 63.9 Å². The molecule has 2 heterocycles. The lowest BCUT2D eigenvalue weighted by molar-refractivity contribution is 0.0195. The van der Waals surface area contributed by atoms with Crippen LogP contribution in [0.15, 0.2) is 29.3 Å². The number of benzene rings is 1. The SMILES string of the molecule is CN=C(NCCc1ccc(F)cc1)N1CCC(N2CCOCC2)C1. The predicted molar refractivity (Wildman–Crippen MR) is 93.8 cm³/mol. The molecular formula is C18H27FN4O. The average Bonchev–Trinajstić information content (AvgIpc) is 3.11. The third-order valence-electron chi connectivity index (χ3n) is 4.85. The molecule has 2 aliphatic rings. The van der Waals surface area contributed by atoms with Gasteiger partial charge in [0.05, 0.1) is 13.2 Å². The van der Waals surface area contributed by atoms with E-state index >= 15 is 0 Å². The molecular weight excluding hydrogens is 307 g/mol. The number of nitrogens with zero attached hydrogens (tertiary/aromatic N) is 3. The molecule has 1 unspecified atom stereocenters. The van der Waals surface area contributed by atoms with Crippen molar-refractivity contribution in [2.45, 2.75) is 18.9 Å². The average molecular weight is 334 g/mol. The van der Waals surface area contributed by atoms with E-state index in [9.17, 15) is 4.39 Å². The summed E-state index contributed by atoms with van der Waals surface area (Å²) in [5.74, 6) is 0.779. The van der Waals surface area contributed by atoms with Crippen LogP contribution in [0.3, 0.4) is 0 Å². The zero-order chi connectivity index (χ0) is 16.8.